The van der Waals surface area contributed by atoms with Crippen LogP contribution in [0.3, 0.4) is 0 Å². The maximum atomic E-state index is 12.2. The van der Waals surface area contributed by atoms with Gasteiger partial charge in [-0.1, -0.05) is 37.0 Å². The summed E-state index contributed by atoms with van der Waals surface area (Å²) in [5.41, 5.74) is 0.277. The fraction of sp³-hybridized carbons (Fsp3) is 0.500. The number of benzene rings is 1. The summed E-state index contributed by atoms with van der Waals surface area (Å²) in [5, 5.41) is 3.01. The van der Waals surface area contributed by atoms with E-state index in [4.69, 9.17) is 27.9 Å². The van der Waals surface area contributed by atoms with Gasteiger partial charge in [-0.05, 0) is 36.5 Å². The molecule has 1 aromatic carbocycles. The minimum Gasteiger partial charge on any atom is -0.454 e. The van der Waals surface area contributed by atoms with E-state index in [-0.39, 0.29) is 29.6 Å². The third kappa shape index (κ3) is 5.88. The molecule has 0 saturated carbocycles. The summed E-state index contributed by atoms with van der Waals surface area (Å²) in [5.74, 6) is -0.504. The fourth-order valence-corrected chi connectivity index (χ4v) is 3.34. The Labute approximate surface area is 162 Å². The van der Waals surface area contributed by atoms with E-state index in [0.29, 0.717) is 29.9 Å². The Morgan fingerprint density at radius 3 is 2.42 bits per heavy atom. The Bertz CT molecular complexity index is 686. The molecule has 0 aromatic heterocycles. The average Bonchev–Trinajstić information content (AvgIpc) is 2.59. The van der Waals surface area contributed by atoms with Crippen molar-refractivity contribution in [2.75, 3.05) is 26.2 Å². The van der Waals surface area contributed by atoms with Gasteiger partial charge in [-0.3, -0.25) is 14.4 Å². The van der Waals surface area contributed by atoms with Crippen LogP contribution in [-0.4, -0.2) is 48.9 Å². The molecule has 142 valence electrons. The van der Waals surface area contributed by atoms with Crippen LogP contribution in [0.2, 0.25) is 10.0 Å². The quantitative estimate of drug-likeness (QED) is 0.770. The lowest BCUT2D eigenvalue weighted by Crippen LogP contribution is -2.44. The van der Waals surface area contributed by atoms with Gasteiger partial charge in [-0.2, -0.15) is 0 Å². The van der Waals surface area contributed by atoms with Crippen molar-refractivity contribution < 1.29 is 19.1 Å². The van der Waals surface area contributed by atoms with Gasteiger partial charge in [0.05, 0.1) is 10.0 Å². The summed E-state index contributed by atoms with van der Waals surface area (Å²) in [6.45, 7) is 4.89. The molecular weight excluding hydrogens is 379 g/mol. The predicted octanol–water partition coefficient (Wildman–Crippen LogP) is 2.77. The summed E-state index contributed by atoms with van der Waals surface area (Å²) < 4.78 is 4.96. The molecular formula is C18H22Cl2N2O4. The molecule has 1 aliphatic rings. The van der Waals surface area contributed by atoms with Crippen LogP contribution in [0.15, 0.2) is 18.2 Å². The van der Waals surface area contributed by atoms with Crippen molar-refractivity contribution in [3.63, 3.8) is 0 Å². The molecule has 2 atom stereocenters. The Balaban J connectivity index is 1.75. The number of ether oxygens (including phenoxy) is 1. The van der Waals surface area contributed by atoms with Crippen LogP contribution >= 0.6 is 23.2 Å². The maximum Gasteiger partial charge on any atom is 0.325 e. The van der Waals surface area contributed by atoms with Crippen molar-refractivity contribution in [3.05, 3.63) is 33.8 Å². The largest absolute Gasteiger partial charge is 0.454 e. The summed E-state index contributed by atoms with van der Waals surface area (Å²) >= 11 is 11.6. The first-order valence-electron chi connectivity index (χ1n) is 8.43. The molecule has 1 fully saturated rings. The number of halogens is 2. The number of hydrogen-bond donors (Lipinski definition) is 1. The molecule has 1 heterocycles. The van der Waals surface area contributed by atoms with Gasteiger partial charge in [0.1, 0.15) is 6.54 Å². The van der Waals surface area contributed by atoms with Gasteiger partial charge in [0, 0.05) is 18.7 Å². The third-order valence-electron chi connectivity index (χ3n) is 4.15. The molecule has 0 radical (unpaired) electrons. The molecule has 1 N–H and O–H groups in total. The van der Waals surface area contributed by atoms with Crippen LogP contribution in [-0.2, 0) is 14.3 Å². The Kier molecular flexibility index (Phi) is 7.29. The lowest BCUT2D eigenvalue weighted by atomic mass is 9.92. The van der Waals surface area contributed by atoms with E-state index in [1.165, 1.54) is 18.2 Å². The number of rotatable bonds is 5. The zero-order chi connectivity index (χ0) is 19.3. The molecule has 8 heteroatoms. The van der Waals surface area contributed by atoms with Gasteiger partial charge in [0.2, 0.25) is 0 Å². The van der Waals surface area contributed by atoms with Crippen molar-refractivity contribution >= 4 is 41.0 Å². The summed E-state index contributed by atoms with van der Waals surface area (Å²) in [6.07, 6.45) is 1.09. The standard InChI is InChI=1S/C18H22Cl2N2O4/c1-11-5-12(2)9-22(8-11)16(23)10-26-17(24)7-21-18(25)13-3-4-14(19)15(20)6-13/h3-4,6,11-12H,5,7-10H2,1-2H3,(H,21,25)/t11-,12-/m1/s1. The number of esters is 1. The monoisotopic (exact) mass is 400 g/mol. The average molecular weight is 401 g/mol. The van der Waals surface area contributed by atoms with Crippen LogP contribution in [0.1, 0.15) is 30.6 Å². The van der Waals surface area contributed by atoms with Crippen molar-refractivity contribution in [2.24, 2.45) is 11.8 Å². The molecule has 1 aliphatic heterocycles. The molecule has 26 heavy (non-hydrogen) atoms. The van der Waals surface area contributed by atoms with E-state index in [9.17, 15) is 14.4 Å². The highest BCUT2D eigenvalue weighted by molar-refractivity contribution is 6.42. The molecule has 0 spiro atoms. The zero-order valence-electron chi connectivity index (χ0n) is 14.8. The molecule has 0 unspecified atom stereocenters. The summed E-state index contributed by atoms with van der Waals surface area (Å²) in [7, 11) is 0. The number of carbonyl (C=O) groups is 3. The van der Waals surface area contributed by atoms with Gasteiger partial charge in [0.25, 0.3) is 11.8 Å². The number of hydrogen-bond acceptors (Lipinski definition) is 4. The smallest absolute Gasteiger partial charge is 0.325 e. The molecule has 0 aliphatic carbocycles. The number of carbonyl (C=O) groups excluding carboxylic acids is 3. The van der Waals surface area contributed by atoms with Crippen molar-refractivity contribution in [2.45, 2.75) is 20.3 Å². The van der Waals surface area contributed by atoms with E-state index in [0.717, 1.165) is 6.42 Å². The molecule has 2 amide bonds. The highest BCUT2D eigenvalue weighted by atomic mass is 35.5. The van der Waals surface area contributed by atoms with Gasteiger partial charge in [0.15, 0.2) is 6.61 Å². The van der Waals surface area contributed by atoms with E-state index in [1.54, 1.807) is 4.90 Å². The first-order valence-corrected chi connectivity index (χ1v) is 9.18. The van der Waals surface area contributed by atoms with Crippen LogP contribution in [0, 0.1) is 11.8 Å². The van der Waals surface area contributed by atoms with Gasteiger partial charge < -0.3 is 15.0 Å². The highest BCUT2D eigenvalue weighted by Gasteiger charge is 2.25. The van der Waals surface area contributed by atoms with Crippen LogP contribution in [0.25, 0.3) is 0 Å². The minimum absolute atomic E-state index is 0.215. The number of piperidine rings is 1. The molecule has 1 aromatic rings. The summed E-state index contributed by atoms with van der Waals surface area (Å²) in [6, 6.07) is 4.40. The van der Waals surface area contributed by atoms with Crippen molar-refractivity contribution in [1.82, 2.24) is 10.2 Å². The topological polar surface area (TPSA) is 75.7 Å². The lowest BCUT2D eigenvalue weighted by molar-refractivity contribution is -0.152. The second-order valence-electron chi connectivity index (χ2n) is 6.72. The number of amides is 2. The van der Waals surface area contributed by atoms with Crippen molar-refractivity contribution in [1.29, 1.82) is 0 Å². The highest BCUT2D eigenvalue weighted by Crippen LogP contribution is 2.22. The Morgan fingerprint density at radius 1 is 1.15 bits per heavy atom. The van der Waals surface area contributed by atoms with E-state index >= 15 is 0 Å². The van der Waals surface area contributed by atoms with Gasteiger partial charge in [-0.25, -0.2) is 0 Å². The van der Waals surface area contributed by atoms with Crippen LogP contribution in [0.5, 0.6) is 0 Å². The van der Waals surface area contributed by atoms with Crippen LogP contribution in [0.4, 0.5) is 0 Å². The number of likely N-dealkylation sites (tertiary alicyclic amines) is 1. The second kappa shape index (κ2) is 9.24. The second-order valence-corrected chi connectivity index (χ2v) is 7.53. The van der Waals surface area contributed by atoms with Crippen LogP contribution < -0.4 is 5.32 Å². The summed E-state index contributed by atoms with van der Waals surface area (Å²) in [4.78, 5) is 37.6. The molecule has 2 rings (SSSR count). The third-order valence-corrected chi connectivity index (χ3v) is 4.89. The number of nitrogens with zero attached hydrogens (tertiary/aromatic N) is 1. The van der Waals surface area contributed by atoms with E-state index < -0.39 is 11.9 Å². The van der Waals surface area contributed by atoms with Gasteiger partial charge in [-0.15, -0.1) is 0 Å². The molecule has 1 saturated heterocycles. The maximum absolute atomic E-state index is 12.2. The first kappa shape index (κ1) is 20.5. The SMILES string of the molecule is C[C@@H]1C[C@@H](C)CN(C(=O)COC(=O)CNC(=O)c2ccc(Cl)c(Cl)c2)C1. The zero-order valence-corrected chi connectivity index (χ0v) is 16.3. The Morgan fingerprint density at radius 2 is 1.81 bits per heavy atom. The lowest BCUT2D eigenvalue weighted by Gasteiger charge is -2.34. The molecule has 6 nitrogen and oxygen atoms in total. The minimum atomic E-state index is -0.676. The van der Waals surface area contributed by atoms with Gasteiger partial charge >= 0.3 is 5.97 Å². The first-order chi connectivity index (χ1) is 12.3. The number of nitrogens with one attached hydrogen (secondary N) is 1. The predicted molar refractivity (Wildman–Crippen MR) is 99.3 cm³/mol. The fourth-order valence-electron chi connectivity index (χ4n) is 3.04. The Hall–Kier alpha value is -1.79. The molecule has 0 bridgehead atoms. The van der Waals surface area contributed by atoms with E-state index in [2.05, 4.69) is 19.2 Å². The normalized spacial score (nSPS) is 19.8. The van der Waals surface area contributed by atoms with Crippen molar-refractivity contribution in [3.8, 4) is 0 Å². The van der Waals surface area contributed by atoms with E-state index in [1.807, 2.05) is 0 Å².